The summed E-state index contributed by atoms with van der Waals surface area (Å²) in [5.74, 6) is 0.869. The molecule has 1 heterocycles. The van der Waals surface area contributed by atoms with Crippen molar-refractivity contribution in [2.24, 2.45) is 5.41 Å². The van der Waals surface area contributed by atoms with Gasteiger partial charge in [-0.05, 0) is 16.9 Å². The van der Waals surface area contributed by atoms with Crippen molar-refractivity contribution < 1.29 is 9.53 Å². The lowest BCUT2D eigenvalue weighted by Crippen LogP contribution is -2.12. The van der Waals surface area contributed by atoms with Crippen LogP contribution in [0, 0.1) is 5.41 Å². The first-order valence-electron chi connectivity index (χ1n) is 4.59. The van der Waals surface area contributed by atoms with Gasteiger partial charge >= 0.3 is 0 Å². The fraction of sp³-hybridized carbons (Fsp3) is 0.545. The number of ketones is 1. The predicted molar refractivity (Wildman–Crippen MR) is 59.3 cm³/mol. The highest BCUT2D eigenvalue weighted by atomic mass is 32.1. The van der Waals surface area contributed by atoms with Gasteiger partial charge in [-0.15, -0.1) is 11.3 Å². The number of rotatable bonds is 3. The smallest absolute Gasteiger partial charge is 0.177 e. The van der Waals surface area contributed by atoms with Gasteiger partial charge in [0.05, 0.1) is 7.11 Å². The molecule has 78 valence electrons. The van der Waals surface area contributed by atoms with Crippen LogP contribution in [0.15, 0.2) is 11.4 Å². The molecule has 0 aliphatic heterocycles. The average Bonchev–Trinajstić information content (AvgIpc) is 2.47. The van der Waals surface area contributed by atoms with Crippen LogP contribution in [0.4, 0.5) is 0 Å². The summed E-state index contributed by atoms with van der Waals surface area (Å²) in [6.45, 7) is 6.18. The zero-order chi connectivity index (χ0) is 10.8. The lowest BCUT2D eigenvalue weighted by Gasteiger charge is -2.16. The highest BCUT2D eigenvalue weighted by Gasteiger charge is 2.20. The van der Waals surface area contributed by atoms with E-state index in [-0.39, 0.29) is 11.2 Å². The first-order valence-corrected chi connectivity index (χ1v) is 5.47. The van der Waals surface area contributed by atoms with Crippen molar-refractivity contribution in [2.45, 2.75) is 27.2 Å². The van der Waals surface area contributed by atoms with Gasteiger partial charge in [0.25, 0.3) is 0 Å². The highest BCUT2D eigenvalue weighted by Crippen LogP contribution is 2.29. The Morgan fingerprint density at radius 1 is 1.50 bits per heavy atom. The van der Waals surface area contributed by atoms with Crippen LogP contribution < -0.4 is 4.74 Å². The fourth-order valence-corrected chi connectivity index (χ4v) is 2.02. The number of methoxy groups -OCH3 is 1. The zero-order valence-electron chi connectivity index (χ0n) is 9.09. The molecular formula is C11H16O2S. The first-order chi connectivity index (χ1) is 6.44. The Balaban J connectivity index is 2.80. The average molecular weight is 212 g/mol. The molecule has 0 radical (unpaired) electrons. The number of carbonyl (C=O) groups is 1. The highest BCUT2D eigenvalue weighted by molar-refractivity contribution is 7.12. The van der Waals surface area contributed by atoms with Crippen LogP contribution in [0.1, 0.15) is 36.9 Å². The Morgan fingerprint density at radius 2 is 2.14 bits per heavy atom. The van der Waals surface area contributed by atoms with Crippen LogP contribution >= 0.6 is 11.3 Å². The topological polar surface area (TPSA) is 26.3 Å². The van der Waals surface area contributed by atoms with Crippen LogP contribution in [0.2, 0.25) is 0 Å². The van der Waals surface area contributed by atoms with E-state index in [4.69, 9.17) is 4.74 Å². The minimum Gasteiger partial charge on any atom is -0.495 e. The van der Waals surface area contributed by atoms with Crippen molar-refractivity contribution in [1.29, 1.82) is 0 Å². The first kappa shape index (κ1) is 11.2. The van der Waals surface area contributed by atoms with Gasteiger partial charge in [0.2, 0.25) is 0 Å². The second-order valence-electron chi connectivity index (χ2n) is 4.48. The van der Waals surface area contributed by atoms with E-state index >= 15 is 0 Å². The molecule has 0 aliphatic rings. The molecule has 1 aromatic rings. The molecule has 0 saturated carbocycles. The van der Waals surface area contributed by atoms with Crippen LogP contribution in [0.25, 0.3) is 0 Å². The molecule has 0 unspecified atom stereocenters. The van der Waals surface area contributed by atoms with E-state index in [1.807, 2.05) is 11.4 Å². The Morgan fingerprint density at radius 3 is 2.64 bits per heavy atom. The molecule has 0 amide bonds. The number of carbonyl (C=O) groups excluding carboxylic acids is 1. The Bertz CT molecular complexity index is 320. The van der Waals surface area contributed by atoms with Gasteiger partial charge in [0.15, 0.2) is 5.78 Å². The summed E-state index contributed by atoms with van der Waals surface area (Å²) in [5.41, 5.74) is 0.0338. The molecule has 14 heavy (non-hydrogen) atoms. The van der Waals surface area contributed by atoms with E-state index in [1.54, 1.807) is 7.11 Å². The number of hydrogen-bond donors (Lipinski definition) is 0. The summed E-state index contributed by atoms with van der Waals surface area (Å²) in [6, 6.07) is 1.83. The Kier molecular flexibility index (Phi) is 3.32. The molecule has 0 N–H and O–H groups in total. The maximum atomic E-state index is 11.8. The fourth-order valence-electron chi connectivity index (χ4n) is 1.22. The summed E-state index contributed by atoms with van der Waals surface area (Å²) in [4.78, 5) is 12.6. The maximum Gasteiger partial charge on any atom is 0.177 e. The second kappa shape index (κ2) is 4.13. The molecular weight excluding hydrogens is 196 g/mol. The molecule has 0 saturated heterocycles. The van der Waals surface area contributed by atoms with Gasteiger partial charge < -0.3 is 4.74 Å². The number of ether oxygens (including phenoxy) is 1. The van der Waals surface area contributed by atoms with Crippen molar-refractivity contribution in [3.05, 3.63) is 16.3 Å². The molecule has 0 atom stereocenters. The van der Waals surface area contributed by atoms with Crippen LogP contribution in [-0.4, -0.2) is 12.9 Å². The normalized spacial score (nSPS) is 11.4. The van der Waals surface area contributed by atoms with Crippen LogP contribution in [0.3, 0.4) is 0 Å². The standard InChI is InChI=1S/C11H16O2S/c1-11(2,3)7-8(12)10-9(13-4)5-6-14-10/h5-6H,7H2,1-4H3. The van der Waals surface area contributed by atoms with E-state index in [0.29, 0.717) is 12.2 Å². The minimum absolute atomic E-state index is 0.0338. The Labute approximate surface area is 88.9 Å². The van der Waals surface area contributed by atoms with Crippen molar-refractivity contribution in [3.8, 4) is 5.75 Å². The molecule has 0 aliphatic carbocycles. The SMILES string of the molecule is COc1ccsc1C(=O)CC(C)(C)C. The van der Waals surface area contributed by atoms with Gasteiger partial charge in [-0.25, -0.2) is 0 Å². The predicted octanol–water partition coefficient (Wildman–Crippen LogP) is 3.38. The second-order valence-corrected chi connectivity index (χ2v) is 5.39. The third-order valence-corrected chi connectivity index (χ3v) is 2.73. The third-order valence-electron chi connectivity index (χ3n) is 1.79. The van der Waals surface area contributed by atoms with Gasteiger partial charge in [-0.1, -0.05) is 20.8 Å². The van der Waals surface area contributed by atoms with E-state index in [1.165, 1.54) is 11.3 Å². The summed E-state index contributed by atoms with van der Waals surface area (Å²) in [6.07, 6.45) is 0.559. The summed E-state index contributed by atoms with van der Waals surface area (Å²) >= 11 is 1.45. The lowest BCUT2D eigenvalue weighted by molar-refractivity contribution is 0.0941. The van der Waals surface area contributed by atoms with Gasteiger partial charge in [-0.3, -0.25) is 4.79 Å². The molecule has 0 fully saturated rings. The number of Topliss-reactive ketones (excluding diaryl/α,β-unsaturated/α-hetero) is 1. The maximum absolute atomic E-state index is 11.8. The monoisotopic (exact) mass is 212 g/mol. The summed E-state index contributed by atoms with van der Waals surface area (Å²) in [5, 5.41) is 1.88. The van der Waals surface area contributed by atoms with Gasteiger partial charge in [0.1, 0.15) is 10.6 Å². The summed E-state index contributed by atoms with van der Waals surface area (Å²) in [7, 11) is 1.59. The molecule has 1 aromatic heterocycles. The minimum atomic E-state index is 0.0338. The number of hydrogen-bond acceptors (Lipinski definition) is 3. The Hall–Kier alpha value is -0.830. The van der Waals surface area contributed by atoms with Crippen molar-refractivity contribution >= 4 is 17.1 Å². The van der Waals surface area contributed by atoms with Crippen molar-refractivity contribution in [3.63, 3.8) is 0 Å². The van der Waals surface area contributed by atoms with E-state index < -0.39 is 0 Å². The molecule has 0 spiro atoms. The lowest BCUT2D eigenvalue weighted by atomic mass is 9.89. The molecule has 1 rings (SSSR count). The van der Waals surface area contributed by atoms with E-state index in [0.717, 1.165) is 4.88 Å². The summed E-state index contributed by atoms with van der Waals surface area (Å²) < 4.78 is 5.11. The number of thiophene rings is 1. The quantitative estimate of drug-likeness (QED) is 0.718. The largest absolute Gasteiger partial charge is 0.495 e. The molecule has 3 heteroatoms. The molecule has 0 bridgehead atoms. The van der Waals surface area contributed by atoms with Crippen molar-refractivity contribution in [2.75, 3.05) is 7.11 Å². The van der Waals surface area contributed by atoms with E-state index in [9.17, 15) is 4.79 Å². The zero-order valence-corrected chi connectivity index (χ0v) is 9.90. The van der Waals surface area contributed by atoms with Gasteiger partial charge in [-0.2, -0.15) is 0 Å². The third kappa shape index (κ3) is 2.84. The van der Waals surface area contributed by atoms with Crippen LogP contribution in [-0.2, 0) is 0 Å². The van der Waals surface area contributed by atoms with Crippen molar-refractivity contribution in [1.82, 2.24) is 0 Å². The van der Waals surface area contributed by atoms with E-state index in [2.05, 4.69) is 20.8 Å². The molecule has 2 nitrogen and oxygen atoms in total. The van der Waals surface area contributed by atoms with Crippen LogP contribution in [0.5, 0.6) is 5.75 Å². The molecule has 0 aromatic carbocycles. The van der Waals surface area contributed by atoms with Gasteiger partial charge in [0, 0.05) is 6.42 Å².